The Morgan fingerprint density at radius 3 is 2.75 bits per heavy atom. The Balaban J connectivity index is 1.70. The van der Waals surface area contributed by atoms with Crippen LogP contribution >= 0.6 is 0 Å². The van der Waals surface area contributed by atoms with Crippen molar-refractivity contribution in [2.24, 2.45) is 0 Å². The van der Waals surface area contributed by atoms with Gasteiger partial charge in [-0.2, -0.15) is 0 Å². The van der Waals surface area contributed by atoms with Gasteiger partial charge in [0.15, 0.2) is 0 Å². The maximum atomic E-state index is 5.61. The lowest BCUT2D eigenvalue weighted by molar-refractivity contribution is 0.0483. The molecular formula is C17H22N6O. The van der Waals surface area contributed by atoms with Crippen molar-refractivity contribution in [2.75, 3.05) is 37.7 Å². The largest absolute Gasteiger partial charge is 0.381 e. The van der Waals surface area contributed by atoms with Crippen molar-refractivity contribution in [2.45, 2.75) is 24.8 Å². The van der Waals surface area contributed by atoms with E-state index in [0.717, 1.165) is 69.4 Å². The van der Waals surface area contributed by atoms with Crippen LogP contribution in [-0.2, 0) is 4.74 Å². The van der Waals surface area contributed by atoms with Crippen LogP contribution in [0.5, 0.6) is 0 Å². The molecule has 0 atom stereocenters. The lowest BCUT2D eigenvalue weighted by Crippen LogP contribution is -2.53. The van der Waals surface area contributed by atoms with Crippen LogP contribution in [0, 0.1) is 0 Å². The Kier molecular flexibility index (Phi) is 4.36. The Labute approximate surface area is 141 Å². The number of nitrogens with zero attached hydrogens (tertiary/aromatic N) is 5. The molecule has 1 spiro atoms. The van der Waals surface area contributed by atoms with Crippen LogP contribution in [-0.4, -0.2) is 58.3 Å². The number of hydrogen-bond donors (Lipinski definition) is 1. The minimum atomic E-state index is 0.0861. The van der Waals surface area contributed by atoms with Crippen molar-refractivity contribution in [1.29, 1.82) is 0 Å². The fourth-order valence-electron chi connectivity index (χ4n) is 3.64. The van der Waals surface area contributed by atoms with Crippen molar-refractivity contribution >= 4 is 5.95 Å². The van der Waals surface area contributed by atoms with E-state index in [4.69, 9.17) is 9.72 Å². The average Bonchev–Trinajstić information content (AvgIpc) is 2.86. The molecule has 2 aliphatic heterocycles. The summed E-state index contributed by atoms with van der Waals surface area (Å²) in [4.78, 5) is 20.3. The molecule has 126 valence electrons. The average molecular weight is 326 g/mol. The summed E-state index contributed by atoms with van der Waals surface area (Å²) in [7, 11) is 0. The summed E-state index contributed by atoms with van der Waals surface area (Å²) >= 11 is 0. The van der Waals surface area contributed by atoms with Crippen LogP contribution in [0.15, 0.2) is 30.9 Å². The predicted molar refractivity (Wildman–Crippen MR) is 90.7 cm³/mol. The zero-order chi connectivity index (χ0) is 16.2. The maximum Gasteiger partial charge on any atom is 0.226 e. The monoisotopic (exact) mass is 326 g/mol. The summed E-state index contributed by atoms with van der Waals surface area (Å²) in [5, 5.41) is 3.50. The minimum Gasteiger partial charge on any atom is -0.381 e. The molecule has 0 saturated carbocycles. The third-order valence-corrected chi connectivity index (χ3v) is 4.99. The first-order valence-electron chi connectivity index (χ1n) is 8.53. The zero-order valence-corrected chi connectivity index (χ0v) is 13.7. The van der Waals surface area contributed by atoms with Gasteiger partial charge in [-0.1, -0.05) is 0 Å². The van der Waals surface area contributed by atoms with Crippen LogP contribution < -0.4 is 10.2 Å². The fraction of sp³-hybridized carbons (Fsp3) is 0.529. The summed E-state index contributed by atoms with van der Waals surface area (Å²) in [6, 6.07) is 1.89. The molecule has 0 unspecified atom stereocenters. The Hall–Kier alpha value is -2.12. The number of hydrogen-bond acceptors (Lipinski definition) is 7. The van der Waals surface area contributed by atoms with E-state index < -0.39 is 0 Å². The van der Waals surface area contributed by atoms with Gasteiger partial charge in [-0.3, -0.25) is 9.97 Å². The first-order chi connectivity index (χ1) is 11.9. The zero-order valence-electron chi connectivity index (χ0n) is 13.7. The molecule has 7 nitrogen and oxygen atoms in total. The predicted octanol–water partition coefficient (Wildman–Crippen LogP) is 1.28. The van der Waals surface area contributed by atoms with Crippen LogP contribution in [0.25, 0.3) is 11.4 Å². The molecule has 2 fully saturated rings. The molecule has 7 heteroatoms. The highest BCUT2D eigenvalue weighted by Gasteiger charge is 2.40. The van der Waals surface area contributed by atoms with Gasteiger partial charge < -0.3 is 15.0 Å². The number of rotatable bonds is 2. The number of nitrogens with one attached hydrogen (secondary N) is 1. The van der Waals surface area contributed by atoms with Crippen molar-refractivity contribution in [3.63, 3.8) is 0 Å². The van der Waals surface area contributed by atoms with Gasteiger partial charge in [0, 0.05) is 50.4 Å². The van der Waals surface area contributed by atoms with Crippen molar-refractivity contribution < 1.29 is 4.74 Å². The van der Waals surface area contributed by atoms with E-state index in [0.29, 0.717) is 0 Å². The molecule has 4 heterocycles. The minimum absolute atomic E-state index is 0.0861. The fourth-order valence-corrected chi connectivity index (χ4v) is 3.64. The topological polar surface area (TPSA) is 76.1 Å². The normalized spacial score (nSPS) is 20.8. The first kappa shape index (κ1) is 15.4. The summed E-state index contributed by atoms with van der Waals surface area (Å²) in [6.07, 6.45) is 10.0. The smallest absolute Gasteiger partial charge is 0.226 e. The molecule has 2 aromatic rings. The summed E-state index contributed by atoms with van der Waals surface area (Å²) in [5.74, 6) is 0.781. The van der Waals surface area contributed by atoms with Crippen LogP contribution in [0.4, 0.5) is 5.95 Å². The van der Waals surface area contributed by atoms with Gasteiger partial charge in [0.05, 0.1) is 11.9 Å². The van der Waals surface area contributed by atoms with Gasteiger partial charge in [-0.15, -0.1) is 0 Å². The second-order valence-electron chi connectivity index (χ2n) is 6.32. The standard InChI is InChI=1S/C17H22N6O/c1-5-21-16(22-14(1)15-13-19-7-8-20-15)23-10-9-18-6-2-17(23)3-11-24-12-4-17/h1,5,7-8,13,18H,2-4,6,9-12H2. The third-order valence-electron chi connectivity index (χ3n) is 4.99. The molecule has 2 aliphatic rings. The second kappa shape index (κ2) is 6.78. The van der Waals surface area contributed by atoms with Crippen molar-refractivity contribution in [1.82, 2.24) is 25.3 Å². The molecule has 0 aliphatic carbocycles. The van der Waals surface area contributed by atoms with Gasteiger partial charge in [-0.05, 0) is 31.9 Å². The van der Waals surface area contributed by atoms with E-state index in [2.05, 4.69) is 25.2 Å². The number of aromatic nitrogens is 4. The molecule has 0 bridgehead atoms. The van der Waals surface area contributed by atoms with Crippen LogP contribution in [0.3, 0.4) is 0 Å². The van der Waals surface area contributed by atoms with Crippen LogP contribution in [0.1, 0.15) is 19.3 Å². The van der Waals surface area contributed by atoms with E-state index in [-0.39, 0.29) is 5.54 Å². The Morgan fingerprint density at radius 1 is 1.00 bits per heavy atom. The molecule has 0 radical (unpaired) electrons. The van der Waals surface area contributed by atoms with E-state index in [1.807, 2.05) is 12.3 Å². The van der Waals surface area contributed by atoms with Gasteiger partial charge in [0.1, 0.15) is 5.69 Å². The summed E-state index contributed by atoms with van der Waals surface area (Å²) in [5.41, 5.74) is 1.67. The highest BCUT2D eigenvalue weighted by Crippen LogP contribution is 2.34. The van der Waals surface area contributed by atoms with Gasteiger partial charge in [0.2, 0.25) is 5.95 Å². The molecule has 1 N–H and O–H groups in total. The highest BCUT2D eigenvalue weighted by molar-refractivity contribution is 5.54. The van der Waals surface area contributed by atoms with E-state index in [9.17, 15) is 0 Å². The molecular weight excluding hydrogens is 304 g/mol. The Bertz CT molecular complexity index is 674. The van der Waals surface area contributed by atoms with Gasteiger partial charge >= 0.3 is 0 Å². The maximum absolute atomic E-state index is 5.61. The second-order valence-corrected chi connectivity index (χ2v) is 6.32. The summed E-state index contributed by atoms with van der Waals surface area (Å²) < 4.78 is 5.61. The van der Waals surface area contributed by atoms with Crippen molar-refractivity contribution in [3.8, 4) is 11.4 Å². The lowest BCUT2D eigenvalue weighted by atomic mass is 9.85. The van der Waals surface area contributed by atoms with Gasteiger partial charge in [0.25, 0.3) is 0 Å². The van der Waals surface area contributed by atoms with Crippen LogP contribution in [0.2, 0.25) is 0 Å². The first-order valence-corrected chi connectivity index (χ1v) is 8.53. The van der Waals surface area contributed by atoms with Crippen molar-refractivity contribution in [3.05, 3.63) is 30.9 Å². The molecule has 0 aromatic carbocycles. The molecule has 0 amide bonds. The molecule has 4 rings (SSSR count). The van der Waals surface area contributed by atoms with E-state index in [1.165, 1.54) is 0 Å². The molecule has 2 saturated heterocycles. The Morgan fingerprint density at radius 2 is 1.92 bits per heavy atom. The summed E-state index contributed by atoms with van der Waals surface area (Å²) in [6.45, 7) is 4.49. The lowest BCUT2D eigenvalue weighted by Gasteiger charge is -2.45. The SMILES string of the molecule is c1cnc(-c2ccnc(N3CCNCCC34CCOCC4)n2)cn1. The molecule has 24 heavy (non-hydrogen) atoms. The number of ether oxygens (including phenoxy) is 1. The third kappa shape index (κ3) is 2.97. The van der Waals surface area contributed by atoms with E-state index in [1.54, 1.807) is 18.6 Å². The number of anilines is 1. The quantitative estimate of drug-likeness (QED) is 0.891. The highest BCUT2D eigenvalue weighted by atomic mass is 16.5. The molecule has 2 aromatic heterocycles. The van der Waals surface area contributed by atoms with E-state index >= 15 is 0 Å². The van der Waals surface area contributed by atoms with Gasteiger partial charge in [-0.25, -0.2) is 9.97 Å².